The minimum atomic E-state index is -3.37. The quantitative estimate of drug-likeness (QED) is 0.632. The number of alkyl halides is 2. The molecule has 0 radical (unpaired) electrons. The number of anilines is 2. The summed E-state index contributed by atoms with van der Waals surface area (Å²) < 4.78 is 41.3. The van der Waals surface area contributed by atoms with E-state index in [0.717, 1.165) is 38.2 Å². The molecule has 0 amide bonds. The lowest BCUT2D eigenvalue weighted by Gasteiger charge is -2.41. The Morgan fingerprint density at radius 3 is 2.44 bits per heavy atom. The van der Waals surface area contributed by atoms with E-state index in [0.29, 0.717) is 35.6 Å². The van der Waals surface area contributed by atoms with Crippen LogP contribution >= 0.6 is 11.6 Å². The SMILES string of the molecule is O=S1c2c(nc(N3CC4CC(c5ncc(Cl)cn5)CC4C3)nc2NC2(CO)CCC2)CC1(F)F. The van der Waals surface area contributed by atoms with Gasteiger partial charge in [0, 0.05) is 31.4 Å². The van der Waals surface area contributed by atoms with E-state index in [1.54, 1.807) is 12.4 Å². The van der Waals surface area contributed by atoms with Gasteiger partial charge >= 0.3 is 5.25 Å². The molecule has 1 saturated heterocycles. The lowest BCUT2D eigenvalue weighted by Crippen LogP contribution is -2.48. The Labute approximate surface area is 203 Å². The van der Waals surface area contributed by atoms with Crippen LogP contribution < -0.4 is 10.2 Å². The molecule has 0 aromatic carbocycles. The molecule has 4 heterocycles. The highest BCUT2D eigenvalue weighted by molar-refractivity contribution is 7.86. The zero-order valence-electron chi connectivity index (χ0n) is 18.4. The van der Waals surface area contributed by atoms with Crippen LogP contribution in [0.4, 0.5) is 20.5 Å². The smallest absolute Gasteiger partial charge is 0.331 e. The van der Waals surface area contributed by atoms with E-state index >= 15 is 0 Å². The molecule has 0 bridgehead atoms. The molecule has 8 nitrogen and oxygen atoms in total. The van der Waals surface area contributed by atoms with E-state index in [9.17, 15) is 18.1 Å². The number of aliphatic hydroxyl groups excluding tert-OH is 1. The van der Waals surface area contributed by atoms with Crippen molar-refractivity contribution in [2.75, 3.05) is 29.9 Å². The Morgan fingerprint density at radius 1 is 1.18 bits per heavy atom. The molecule has 34 heavy (non-hydrogen) atoms. The van der Waals surface area contributed by atoms with Gasteiger partial charge in [-0.05, 0) is 43.9 Å². The van der Waals surface area contributed by atoms with Gasteiger partial charge < -0.3 is 15.3 Å². The monoisotopic (exact) mass is 510 g/mol. The fourth-order valence-corrected chi connectivity index (χ4v) is 7.09. The molecule has 2 aromatic heterocycles. The summed E-state index contributed by atoms with van der Waals surface area (Å²) in [5.41, 5.74) is -0.470. The summed E-state index contributed by atoms with van der Waals surface area (Å²) in [5, 5.41) is 10.2. The molecule has 2 N–H and O–H groups in total. The molecule has 6 rings (SSSR count). The molecule has 2 aliphatic heterocycles. The van der Waals surface area contributed by atoms with Crippen LogP contribution in [-0.4, -0.2) is 59.7 Å². The predicted octanol–water partition coefficient (Wildman–Crippen LogP) is 3.13. The number of aromatic nitrogens is 4. The van der Waals surface area contributed by atoms with Crippen molar-refractivity contribution in [2.45, 2.75) is 60.1 Å². The van der Waals surface area contributed by atoms with E-state index in [4.69, 9.17) is 11.6 Å². The highest BCUT2D eigenvalue weighted by Crippen LogP contribution is 2.48. The topological polar surface area (TPSA) is 104 Å². The van der Waals surface area contributed by atoms with Gasteiger partial charge in [-0.1, -0.05) is 11.6 Å². The number of halogens is 3. The second kappa shape index (κ2) is 8.03. The summed E-state index contributed by atoms with van der Waals surface area (Å²) in [6.45, 7) is 1.31. The first-order valence-electron chi connectivity index (χ1n) is 11.6. The van der Waals surface area contributed by atoms with Crippen LogP contribution in [0.3, 0.4) is 0 Å². The predicted molar refractivity (Wildman–Crippen MR) is 123 cm³/mol. The number of aliphatic hydroxyl groups is 1. The van der Waals surface area contributed by atoms with Gasteiger partial charge in [-0.2, -0.15) is 13.8 Å². The van der Waals surface area contributed by atoms with Crippen molar-refractivity contribution < 1.29 is 18.1 Å². The number of rotatable bonds is 5. The van der Waals surface area contributed by atoms with Crippen molar-refractivity contribution in [3.63, 3.8) is 0 Å². The molecule has 2 aromatic rings. The van der Waals surface area contributed by atoms with Crippen LogP contribution in [0.25, 0.3) is 0 Å². The molecule has 2 saturated carbocycles. The van der Waals surface area contributed by atoms with Crippen LogP contribution in [0.2, 0.25) is 5.02 Å². The molecular formula is C22H25ClF2N6O2S. The Balaban J connectivity index is 1.25. The molecule has 3 atom stereocenters. The number of hydrogen-bond donors (Lipinski definition) is 2. The van der Waals surface area contributed by atoms with Gasteiger partial charge in [0.2, 0.25) is 5.95 Å². The standard InChI is InChI=1S/C22H25ClF2N6O2S/c23-15-7-26-18(27-8-15)12-4-13-9-31(10-14(13)5-12)20-28-16-6-22(24,25)34(33)17(16)19(29-20)30-21(11-32)2-1-3-21/h7-8,12-14,32H,1-6,9-11H2,(H,28,29,30). The molecule has 0 spiro atoms. The fourth-order valence-electron chi connectivity index (χ4n) is 5.82. The number of hydrogen-bond acceptors (Lipinski definition) is 8. The number of nitrogens with zero attached hydrogens (tertiary/aromatic N) is 5. The molecular weight excluding hydrogens is 486 g/mol. The average Bonchev–Trinajstić information content (AvgIpc) is 3.41. The maximum atomic E-state index is 14.4. The summed E-state index contributed by atoms with van der Waals surface area (Å²) >= 11 is 5.91. The highest BCUT2D eigenvalue weighted by atomic mass is 35.5. The van der Waals surface area contributed by atoms with Gasteiger partial charge in [-0.25, -0.2) is 19.2 Å². The third-order valence-corrected chi connectivity index (χ3v) is 9.47. The van der Waals surface area contributed by atoms with E-state index in [1.807, 2.05) is 4.90 Å². The minimum Gasteiger partial charge on any atom is -0.394 e. The first-order valence-corrected chi connectivity index (χ1v) is 13.1. The van der Waals surface area contributed by atoms with Crippen LogP contribution in [0, 0.1) is 11.8 Å². The fraction of sp³-hybridized carbons (Fsp3) is 0.636. The van der Waals surface area contributed by atoms with Gasteiger partial charge in [0.15, 0.2) is 0 Å². The van der Waals surface area contributed by atoms with E-state index in [2.05, 4.69) is 25.3 Å². The largest absolute Gasteiger partial charge is 0.394 e. The van der Waals surface area contributed by atoms with Crippen molar-refractivity contribution >= 4 is 34.2 Å². The van der Waals surface area contributed by atoms with Gasteiger partial charge in [0.05, 0.1) is 29.3 Å². The molecule has 2 aliphatic carbocycles. The molecule has 182 valence electrons. The highest BCUT2D eigenvalue weighted by Gasteiger charge is 2.51. The lowest BCUT2D eigenvalue weighted by atomic mass is 9.77. The van der Waals surface area contributed by atoms with E-state index < -0.39 is 28.0 Å². The van der Waals surface area contributed by atoms with Crippen molar-refractivity contribution in [3.8, 4) is 0 Å². The van der Waals surface area contributed by atoms with Crippen molar-refractivity contribution in [2.24, 2.45) is 11.8 Å². The Morgan fingerprint density at radius 2 is 1.85 bits per heavy atom. The summed E-state index contributed by atoms with van der Waals surface area (Å²) in [5.74, 6) is 2.46. The lowest BCUT2D eigenvalue weighted by molar-refractivity contribution is 0.104. The summed E-state index contributed by atoms with van der Waals surface area (Å²) in [4.78, 5) is 19.8. The van der Waals surface area contributed by atoms with Crippen molar-refractivity contribution in [1.82, 2.24) is 19.9 Å². The number of nitrogens with one attached hydrogen (secondary N) is 1. The normalized spacial score (nSPS) is 30.6. The molecule has 3 fully saturated rings. The summed E-state index contributed by atoms with van der Waals surface area (Å²) in [6.07, 6.45) is 6.81. The Kier molecular flexibility index (Phi) is 5.31. The third-order valence-electron chi connectivity index (χ3n) is 7.79. The van der Waals surface area contributed by atoms with E-state index in [-0.39, 0.29) is 28.9 Å². The van der Waals surface area contributed by atoms with Crippen LogP contribution in [-0.2, 0) is 17.2 Å². The molecule has 4 aliphatic rings. The minimum absolute atomic E-state index is 0.0205. The van der Waals surface area contributed by atoms with Gasteiger partial charge in [0.1, 0.15) is 27.3 Å². The Hall–Kier alpha value is -1.98. The average molecular weight is 511 g/mol. The zero-order chi connectivity index (χ0) is 23.7. The van der Waals surface area contributed by atoms with E-state index in [1.165, 1.54) is 0 Å². The van der Waals surface area contributed by atoms with Crippen LogP contribution in [0.1, 0.15) is 49.5 Å². The second-order valence-electron chi connectivity index (χ2n) is 10.0. The third kappa shape index (κ3) is 3.67. The van der Waals surface area contributed by atoms with Crippen molar-refractivity contribution in [1.29, 1.82) is 0 Å². The van der Waals surface area contributed by atoms with Gasteiger partial charge in [-0.15, -0.1) is 0 Å². The van der Waals surface area contributed by atoms with Crippen LogP contribution in [0.5, 0.6) is 0 Å². The molecule has 3 unspecified atom stereocenters. The van der Waals surface area contributed by atoms with Gasteiger partial charge in [0.25, 0.3) is 0 Å². The maximum Gasteiger partial charge on any atom is 0.331 e. The Bertz CT molecular complexity index is 1130. The van der Waals surface area contributed by atoms with Crippen molar-refractivity contribution in [3.05, 3.63) is 28.9 Å². The molecule has 12 heteroatoms. The van der Waals surface area contributed by atoms with Crippen LogP contribution in [0.15, 0.2) is 17.3 Å². The first-order chi connectivity index (χ1) is 16.3. The second-order valence-corrected chi connectivity index (χ2v) is 12.0. The maximum absolute atomic E-state index is 14.4. The van der Waals surface area contributed by atoms with Gasteiger partial charge in [-0.3, -0.25) is 0 Å². The summed E-state index contributed by atoms with van der Waals surface area (Å²) in [6, 6.07) is 0. The first kappa shape index (κ1) is 22.5. The summed E-state index contributed by atoms with van der Waals surface area (Å²) in [7, 11) is -2.52. The number of fused-ring (bicyclic) bond motifs is 2. The zero-order valence-corrected chi connectivity index (χ0v) is 20.0.